The first kappa shape index (κ1) is 17.1. The van der Waals surface area contributed by atoms with Crippen molar-refractivity contribution in [3.8, 4) is 0 Å². The number of hydrogen-bond donors (Lipinski definition) is 1. The van der Waals surface area contributed by atoms with Gasteiger partial charge in [0.05, 0.1) is 16.3 Å². The summed E-state index contributed by atoms with van der Waals surface area (Å²) < 4.78 is 30.8. The lowest BCUT2D eigenvalue weighted by atomic mass is 10.3. The van der Waals surface area contributed by atoms with Gasteiger partial charge in [0, 0.05) is 12.3 Å². The molecule has 0 fully saturated rings. The van der Waals surface area contributed by atoms with Crippen LogP contribution in [0.15, 0.2) is 30.5 Å². The average molecular weight is 361 g/mol. The van der Waals surface area contributed by atoms with Crippen molar-refractivity contribution in [1.29, 1.82) is 0 Å². The fraction of sp³-hybridized carbons (Fsp3) is 0.0714. The number of ether oxygens (including phenoxy) is 1. The first-order chi connectivity index (χ1) is 10.9. The molecule has 1 N–H and O–H groups in total. The minimum atomic E-state index is -0.946. The molecule has 0 radical (unpaired) electrons. The average Bonchev–Trinajstić information content (AvgIpc) is 2.50. The number of carbonyl (C=O) groups is 2. The van der Waals surface area contributed by atoms with Crippen molar-refractivity contribution in [1.82, 2.24) is 4.98 Å². The third-order valence-corrected chi connectivity index (χ3v) is 3.26. The molecule has 120 valence electrons. The minimum Gasteiger partial charge on any atom is -0.452 e. The van der Waals surface area contributed by atoms with Gasteiger partial charge < -0.3 is 10.1 Å². The zero-order valence-corrected chi connectivity index (χ0v) is 12.8. The summed E-state index contributed by atoms with van der Waals surface area (Å²) in [4.78, 5) is 27.0. The number of halogens is 4. The van der Waals surface area contributed by atoms with Crippen LogP contribution in [0.5, 0.6) is 0 Å². The first-order valence-electron chi connectivity index (χ1n) is 6.10. The lowest BCUT2D eigenvalue weighted by molar-refractivity contribution is -0.119. The van der Waals surface area contributed by atoms with Gasteiger partial charge in [-0.05, 0) is 18.2 Å². The van der Waals surface area contributed by atoms with E-state index in [4.69, 9.17) is 27.9 Å². The predicted octanol–water partition coefficient (Wildman–Crippen LogP) is 3.46. The summed E-state index contributed by atoms with van der Waals surface area (Å²) >= 11 is 11.3. The summed E-state index contributed by atoms with van der Waals surface area (Å²) in [6.07, 6.45) is 1.13. The molecule has 0 unspecified atom stereocenters. The van der Waals surface area contributed by atoms with E-state index in [0.29, 0.717) is 6.07 Å². The van der Waals surface area contributed by atoms with Gasteiger partial charge in [-0.3, -0.25) is 4.79 Å². The van der Waals surface area contributed by atoms with Gasteiger partial charge in [-0.25, -0.2) is 18.6 Å². The monoisotopic (exact) mass is 360 g/mol. The van der Waals surface area contributed by atoms with Crippen LogP contribution in [0.3, 0.4) is 0 Å². The Hall–Kier alpha value is -2.25. The molecule has 0 aliphatic carbocycles. The fourth-order valence-corrected chi connectivity index (χ4v) is 1.79. The smallest absolute Gasteiger partial charge is 0.340 e. The van der Waals surface area contributed by atoms with Crippen LogP contribution in [-0.2, 0) is 9.53 Å². The molecule has 0 atom stereocenters. The highest BCUT2D eigenvalue weighted by atomic mass is 35.5. The van der Waals surface area contributed by atoms with Crippen molar-refractivity contribution in [3.63, 3.8) is 0 Å². The Morgan fingerprint density at radius 3 is 2.61 bits per heavy atom. The lowest BCUT2D eigenvalue weighted by Crippen LogP contribution is -2.21. The molecule has 0 spiro atoms. The van der Waals surface area contributed by atoms with Crippen molar-refractivity contribution in [3.05, 3.63) is 57.8 Å². The highest BCUT2D eigenvalue weighted by Gasteiger charge is 2.14. The van der Waals surface area contributed by atoms with Crippen molar-refractivity contribution in [2.45, 2.75) is 0 Å². The van der Waals surface area contributed by atoms with Gasteiger partial charge in [0.1, 0.15) is 16.8 Å². The SMILES string of the molecule is O=C(COC(=O)c1cnc(Cl)c(Cl)c1)Nc1ccc(F)cc1F. The molecule has 2 rings (SSSR count). The highest BCUT2D eigenvalue weighted by Crippen LogP contribution is 2.20. The zero-order valence-electron chi connectivity index (χ0n) is 11.3. The zero-order chi connectivity index (χ0) is 17.0. The number of nitrogens with zero attached hydrogens (tertiary/aromatic N) is 1. The number of rotatable bonds is 4. The van der Waals surface area contributed by atoms with Crippen LogP contribution >= 0.6 is 23.2 Å². The van der Waals surface area contributed by atoms with E-state index in [1.165, 1.54) is 6.07 Å². The van der Waals surface area contributed by atoms with Gasteiger partial charge >= 0.3 is 5.97 Å². The number of carbonyl (C=O) groups excluding carboxylic acids is 2. The lowest BCUT2D eigenvalue weighted by Gasteiger charge is -2.07. The first-order valence-corrected chi connectivity index (χ1v) is 6.85. The van der Waals surface area contributed by atoms with E-state index >= 15 is 0 Å². The molecule has 0 aliphatic heterocycles. The normalized spacial score (nSPS) is 10.3. The van der Waals surface area contributed by atoms with E-state index in [9.17, 15) is 18.4 Å². The predicted molar refractivity (Wildman–Crippen MR) is 79.5 cm³/mol. The maximum Gasteiger partial charge on any atom is 0.340 e. The Labute approximate surface area is 139 Å². The maximum absolute atomic E-state index is 13.4. The second kappa shape index (κ2) is 7.34. The largest absolute Gasteiger partial charge is 0.452 e. The summed E-state index contributed by atoms with van der Waals surface area (Å²) in [5, 5.41) is 2.22. The summed E-state index contributed by atoms with van der Waals surface area (Å²) in [5.74, 6) is -3.37. The van der Waals surface area contributed by atoms with Crippen LogP contribution in [0.1, 0.15) is 10.4 Å². The van der Waals surface area contributed by atoms with Gasteiger partial charge in [0.2, 0.25) is 0 Å². The number of anilines is 1. The maximum atomic E-state index is 13.4. The molecule has 0 saturated carbocycles. The van der Waals surface area contributed by atoms with Crippen LogP contribution in [0, 0.1) is 11.6 Å². The molecular weight excluding hydrogens is 353 g/mol. The molecule has 0 bridgehead atoms. The van der Waals surface area contributed by atoms with Gasteiger partial charge in [-0.2, -0.15) is 0 Å². The quantitative estimate of drug-likeness (QED) is 0.669. The molecule has 1 amide bonds. The van der Waals surface area contributed by atoms with Gasteiger partial charge in [0.25, 0.3) is 5.91 Å². The molecular formula is C14H8Cl2F2N2O3. The van der Waals surface area contributed by atoms with Crippen LogP contribution in [0.4, 0.5) is 14.5 Å². The molecule has 9 heteroatoms. The Morgan fingerprint density at radius 2 is 1.96 bits per heavy atom. The molecule has 0 saturated heterocycles. The Kier molecular flexibility index (Phi) is 5.46. The molecule has 1 aromatic heterocycles. The summed E-state index contributed by atoms with van der Waals surface area (Å²) in [7, 11) is 0. The van der Waals surface area contributed by atoms with Crippen LogP contribution in [0.25, 0.3) is 0 Å². The standard InChI is InChI=1S/C14H8Cl2F2N2O3/c15-9-3-7(5-19-13(9)16)14(22)23-6-12(21)20-11-2-1-8(17)4-10(11)18/h1-5H,6H2,(H,20,21). The van der Waals surface area contributed by atoms with E-state index in [0.717, 1.165) is 18.3 Å². The van der Waals surface area contributed by atoms with E-state index in [2.05, 4.69) is 10.3 Å². The van der Waals surface area contributed by atoms with Crippen molar-refractivity contribution < 1.29 is 23.1 Å². The number of esters is 1. The van der Waals surface area contributed by atoms with Crippen molar-refractivity contribution >= 4 is 40.8 Å². The van der Waals surface area contributed by atoms with E-state index in [1.807, 2.05) is 0 Å². The number of pyridine rings is 1. The number of nitrogens with one attached hydrogen (secondary N) is 1. The molecule has 23 heavy (non-hydrogen) atoms. The fourth-order valence-electron chi connectivity index (χ4n) is 1.52. The Balaban J connectivity index is 1.93. The number of amides is 1. The molecule has 1 aromatic carbocycles. The Bertz CT molecular complexity index is 772. The van der Waals surface area contributed by atoms with Crippen LogP contribution in [0.2, 0.25) is 10.2 Å². The van der Waals surface area contributed by atoms with Crippen LogP contribution < -0.4 is 5.32 Å². The molecule has 2 aromatic rings. The third-order valence-electron chi connectivity index (χ3n) is 2.57. The number of hydrogen-bond acceptors (Lipinski definition) is 4. The van der Waals surface area contributed by atoms with Crippen molar-refractivity contribution in [2.75, 3.05) is 11.9 Å². The number of benzene rings is 1. The summed E-state index contributed by atoms with van der Waals surface area (Å²) in [6.45, 7) is -0.671. The summed E-state index contributed by atoms with van der Waals surface area (Å²) in [6, 6.07) is 3.87. The van der Waals surface area contributed by atoms with Crippen LogP contribution in [-0.4, -0.2) is 23.5 Å². The second-order valence-corrected chi connectivity index (χ2v) is 5.01. The van der Waals surface area contributed by atoms with Gasteiger partial charge in [0.15, 0.2) is 6.61 Å². The van der Waals surface area contributed by atoms with Gasteiger partial charge in [-0.15, -0.1) is 0 Å². The molecule has 5 nitrogen and oxygen atoms in total. The van der Waals surface area contributed by atoms with Gasteiger partial charge in [-0.1, -0.05) is 23.2 Å². The number of aromatic nitrogens is 1. The summed E-state index contributed by atoms with van der Waals surface area (Å²) in [5.41, 5.74) is -0.233. The second-order valence-electron chi connectivity index (χ2n) is 4.25. The molecule has 0 aliphatic rings. The van der Waals surface area contributed by atoms with E-state index < -0.39 is 30.1 Å². The van der Waals surface area contributed by atoms with Crippen molar-refractivity contribution in [2.24, 2.45) is 0 Å². The Morgan fingerprint density at radius 1 is 1.22 bits per heavy atom. The topological polar surface area (TPSA) is 68.3 Å². The third kappa shape index (κ3) is 4.61. The van der Waals surface area contributed by atoms with E-state index in [1.54, 1.807) is 0 Å². The van der Waals surface area contributed by atoms with E-state index in [-0.39, 0.29) is 21.4 Å². The molecule has 1 heterocycles. The highest BCUT2D eigenvalue weighted by molar-refractivity contribution is 6.41. The minimum absolute atomic E-state index is 0.000151.